The third kappa shape index (κ3) is 19.1. The van der Waals surface area contributed by atoms with Crippen molar-refractivity contribution in [3.05, 3.63) is 249 Å². The number of nitrogens with two attached hydrogens (primary N) is 3. The van der Waals surface area contributed by atoms with Crippen molar-refractivity contribution in [2.24, 2.45) is 21.6 Å². The molecular weight excluding hydrogens is 1580 g/mol. The van der Waals surface area contributed by atoms with Crippen molar-refractivity contribution in [2.75, 3.05) is 53.2 Å². The van der Waals surface area contributed by atoms with E-state index < -0.39 is 0 Å². The maximum absolute atomic E-state index is 11.6. The summed E-state index contributed by atoms with van der Waals surface area (Å²) >= 11 is 1.48. The first-order valence-corrected chi connectivity index (χ1v) is 41.5. The van der Waals surface area contributed by atoms with Gasteiger partial charge in [0.05, 0.1) is 136 Å². The van der Waals surface area contributed by atoms with Gasteiger partial charge in [-0.2, -0.15) is 40.8 Å². The number of hydrazone groups is 1. The Morgan fingerprint density at radius 3 is 1.77 bits per heavy atom. The first-order valence-electron chi connectivity index (χ1n) is 40.7. The fourth-order valence-electron chi connectivity index (χ4n) is 16.0. The van der Waals surface area contributed by atoms with E-state index in [0.717, 1.165) is 203 Å². The van der Waals surface area contributed by atoms with E-state index >= 15 is 0 Å². The number of benzene rings is 4. The number of pyridine rings is 3. The number of carbonyl (C=O) groups is 1. The van der Waals surface area contributed by atoms with Crippen LogP contribution < -0.4 is 33.3 Å². The number of likely N-dealkylation sites (N-methyl/N-ethyl adjacent to an activating group) is 1. The number of allylic oxidation sites excluding steroid dienone is 5. The topological polar surface area (TPSA) is 454 Å². The second kappa shape index (κ2) is 40.4. The molecule has 3 aliphatic heterocycles. The molecular formula is C91H103FN28O3S. The van der Waals surface area contributed by atoms with Crippen LogP contribution in [0.15, 0.2) is 192 Å². The van der Waals surface area contributed by atoms with Crippen LogP contribution in [0.3, 0.4) is 0 Å². The molecule has 124 heavy (non-hydrogen) atoms. The number of hydrogen-bond acceptors (Lipinski definition) is 24. The molecule has 0 fully saturated rings. The van der Waals surface area contributed by atoms with E-state index in [2.05, 4.69) is 158 Å². The average Bonchev–Trinajstić information content (AvgIpc) is 1.38. The number of aromatic amines is 7. The van der Waals surface area contributed by atoms with Gasteiger partial charge in [-0.1, -0.05) is 42.2 Å². The molecule has 638 valence electrons. The van der Waals surface area contributed by atoms with Crippen molar-refractivity contribution >= 4 is 116 Å². The molecule has 1 atom stereocenters. The van der Waals surface area contributed by atoms with Gasteiger partial charge in [-0.15, -0.1) is 6.58 Å². The van der Waals surface area contributed by atoms with E-state index in [9.17, 15) is 4.79 Å². The van der Waals surface area contributed by atoms with Crippen LogP contribution in [0.1, 0.15) is 100 Å². The predicted octanol–water partition coefficient (Wildman–Crippen LogP) is 14.2. The maximum atomic E-state index is 11.6. The number of amides is 1. The summed E-state index contributed by atoms with van der Waals surface area (Å²) in [5.74, 6) is 0.710. The number of hydrogen-bond donors (Lipinski definition) is 14. The minimum Gasteiger partial charge on any atom is -0.493 e. The van der Waals surface area contributed by atoms with Crippen molar-refractivity contribution in [2.45, 2.75) is 112 Å². The first kappa shape index (κ1) is 87.5. The third-order valence-corrected chi connectivity index (χ3v) is 22.7. The molecule has 4 aliphatic rings. The number of H-pyrrole nitrogens is 7. The Kier molecular flexibility index (Phi) is 28.5. The van der Waals surface area contributed by atoms with Crippen LogP contribution in [0.2, 0.25) is 0 Å². The number of thiazole rings is 1. The molecule has 4 aromatic carbocycles. The lowest BCUT2D eigenvalue weighted by molar-refractivity contribution is -0.119. The number of aryl methyl sites for hydroxylation is 5. The van der Waals surface area contributed by atoms with Crippen molar-refractivity contribution in [3.63, 3.8) is 0 Å². The van der Waals surface area contributed by atoms with Gasteiger partial charge in [-0.3, -0.25) is 50.2 Å². The molecule has 1 aliphatic carbocycles. The molecule has 0 saturated heterocycles. The Morgan fingerprint density at radius 1 is 0.685 bits per heavy atom. The molecule has 0 spiro atoms. The number of aliphatic imine (C=N–C) groups is 1. The molecule has 1 amide bonds. The van der Waals surface area contributed by atoms with E-state index in [-0.39, 0.29) is 16.7 Å². The maximum Gasteiger partial charge on any atom is 0.217 e. The van der Waals surface area contributed by atoms with E-state index in [1.807, 2.05) is 135 Å². The largest absolute Gasteiger partial charge is 0.493 e. The van der Waals surface area contributed by atoms with Gasteiger partial charge < -0.3 is 53.0 Å². The minimum atomic E-state index is 0. The quantitative estimate of drug-likeness (QED) is 0.0125. The number of anilines is 1. The van der Waals surface area contributed by atoms with Gasteiger partial charge in [0.25, 0.3) is 0 Å². The summed E-state index contributed by atoms with van der Waals surface area (Å²) in [6.07, 6.45) is 35.2. The average molecular weight is 1690 g/mol. The zero-order chi connectivity index (χ0) is 86.2. The Balaban J connectivity index is 0.000000132. The third-order valence-electron chi connectivity index (χ3n) is 21.8. The van der Waals surface area contributed by atoms with E-state index in [0.29, 0.717) is 53.9 Å². The van der Waals surface area contributed by atoms with Gasteiger partial charge in [0.15, 0.2) is 5.13 Å². The van der Waals surface area contributed by atoms with Crippen LogP contribution in [-0.4, -0.2) is 174 Å². The number of aromatic nitrogens is 18. The summed E-state index contributed by atoms with van der Waals surface area (Å²) in [5, 5.41) is 75.4. The van der Waals surface area contributed by atoms with Crippen LogP contribution in [0.5, 0.6) is 0 Å². The monoisotopic (exact) mass is 1690 g/mol. The zero-order valence-corrected chi connectivity index (χ0v) is 71.7. The Hall–Kier alpha value is -14.3. The van der Waals surface area contributed by atoms with Crippen LogP contribution in [0, 0.1) is 33.1 Å². The Morgan fingerprint density at radius 2 is 1.23 bits per heavy atom. The smallest absolute Gasteiger partial charge is 0.217 e. The van der Waals surface area contributed by atoms with Crippen LogP contribution in [0.25, 0.3) is 109 Å². The van der Waals surface area contributed by atoms with Gasteiger partial charge in [-0.05, 0) is 188 Å². The zero-order valence-electron chi connectivity index (χ0n) is 70.9. The summed E-state index contributed by atoms with van der Waals surface area (Å²) < 4.78 is 12.5. The van der Waals surface area contributed by atoms with Crippen LogP contribution in [0.4, 0.5) is 9.84 Å². The molecule has 0 bridgehead atoms. The second-order valence-electron chi connectivity index (χ2n) is 30.1. The van der Waals surface area contributed by atoms with E-state index in [1.54, 1.807) is 25.4 Å². The Labute approximate surface area is 718 Å². The summed E-state index contributed by atoms with van der Waals surface area (Å²) in [7, 11) is 5.91. The van der Waals surface area contributed by atoms with Crippen molar-refractivity contribution in [3.8, 4) is 33.8 Å². The number of nitrogens with one attached hydrogen (secondary N) is 11. The number of halogens is 1. The number of rotatable bonds is 18. The van der Waals surface area contributed by atoms with Gasteiger partial charge in [0.2, 0.25) is 5.91 Å². The van der Waals surface area contributed by atoms with Gasteiger partial charge in [0, 0.05) is 170 Å². The van der Waals surface area contributed by atoms with Gasteiger partial charge in [0.1, 0.15) is 5.76 Å². The molecule has 0 saturated carbocycles. The van der Waals surface area contributed by atoms with Crippen LogP contribution in [-0.2, 0) is 59.5 Å². The number of carbonyl (C=O) groups excluding carboxylic acids is 1. The molecule has 11 aromatic heterocycles. The molecule has 17 N–H and O–H groups in total. The lowest BCUT2D eigenvalue weighted by Crippen LogP contribution is -2.37. The normalized spacial score (nSPS) is 14.8. The Bertz CT molecular complexity index is 6630. The van der Waals surface area contributed by atoms with E-state index in [1.165, 1.54) is 79.4 Å². The highest BCUT2D eigenvalue weighted by atomic mass is 32.1. The number of fused-ring (bicyclic) bond motifs is 16. The molecule has 0 radical (unpaired) electrons. The van der Waals surface area contributed by atoms with Crippen molar-refractivity contribution in [1.29, 1.82) is 5.41 Å². The minimum absolute atomic E-state index is 0. The first-order chi connectivity index (χ1) is 59.9. The van der Waals surface area contributed by atoms with Gasteiger partial charge in [-0.25, -0.2) is 19.9 Å². The molecule has 1 unspecified atom stereocenters. The molecule has 19 rings (SSSR count). The van der Waals surface area contributed by atoms with E-state index in [4.69, 9.17) is 47.0 Å². The SMILES string of the molecule is C=C/C(N)=C(C=N)\C(=C\N)C1=C(Cc2cn[nH]c2C)CCO1.C=CCN/N=C\C/C=C/N=C(/C=C/C)c1ccc2nc(N)sc2c1.CC(=O)NC1CCc2c(c(-c3cn[nH]c3C)nc3ccc4[nH]ncc4c23)C1.CNC.Cc1[nH]ncc1-c1nc2ccc3[nH]ncc3c2c2c1CN(C)CC2.Cc1[nH]ncc1-c1nc2ccc3[nH]ncc3c2c2c1COCC2.F. The summed E-state index contributed by atoms with van der Waals surface area (Å²) in [6, 6.07) is 18.5. The summed E-state index contributed by atoms with van der Waals surface area (Å²) in [4.78, 5) is 37.7. The van der Waals surface area contributed by atoms with Gasteiger partial charge >= 0.3 is 0 Å². The van der Waals surface area contributed by atoms with Crippen LogP contribution >= 0.6 is 11.3 Å². The molecule has 33 heteroatoms. The number of nitrogen functional groups attached to an aromatic ring is 1. The predicted molar refractivity (Wildman–Crippen MR) is 495 cm³/mol. The lowest BCUT2D eigenvalue weighted by atomic mass is 9.83. The lowest BCUT2D eigenvalue weighted by Gasteiger charge is -2.28. The molecule has 31 nitrogen and oxygen atoms in total. The number of nitrogens with zero attached hydrogens (tertiary/aromatic N) is 14. The van der Waals surface area contributed by atoms with Crippen molar-refractivity contribution < 1.29 is 19.0 Å². The summed E-state index contributed by atoms with van der Waals surface area (Å²) in [6.45, 7) is 23.4. The highest BCUT2D eigenvalue weighted by molar-refractivity contribution is 7.22. The fourth-order valence-corrected chi connectivity index (χ4v) is 16.7. The fraction of sp³-hybridized carbons (Fsp3) is 0.264. The molecule has 15 aromatic rings. The number of ether oxygens (including phenoxy) is 2. The highest BCUT2D eigenvalue weighted by Gasteiger charge is 2.30. The second-order valence-corrected chi connectivity index (χ2v) is 31.2. The molecule has 14 heterocycles. The standard InChI is InChI=1S/C20H20N6O.C18H18N6.C18H21N5S.C17H15N5O.C16H21N5O.C2H7N.FH/c1-10-15(8-21-25-10)20-14-7-12(23-11(2)27)3-4-13(14)19-16-9-22-26-17(16)5-6-18(19)24-20;1-10-12(7-19-22-10)18-14-9-24(2)6-5-11(14)17-13-8-20-23-15(13)3-4-16(17)21-18;1-3-7-15(20-11-5-6-12-22-21-10-4-2)14-8-9-16-17(13-14)24-18(19)23-16;1-9-11(6-18-21-9)17-13-8-23-5-4-10(13)16-12-7-19-22-14(12)2-3-15(16)20-17;1-3-15(19)13(7-17)14(8-18)16-11(4-5-22-16)6-12-9-20-21-10(12)2;1-3-2;/h5-6,8-9,12H,3-4,7H2,1-2H3,(H,21,25)(H,22,26)(H,23,27);3-4,7-8H,5-6,9H2,1-2H3,(H,19,22)(H,20,23);3-5,7-9,11-13,21H,2,6,10H2,1H3,(H2,19,23);2-3,6-7H,4-5,8H2,1H3,(H,18,21)(H,19,22);3,7-9,17H,1,4-6,18-19H2,2H3,(H,20,21);3H,1-2H3;1H/b;;7-3+,11-5+,20-15-,22-12-;;14-8-,15-13+,17-7?;;. The van der Waals surface area contributed by atoms with Crippen molar-refractivity contribution in [1.82, 2.24) is 112 Å². The summed E-state index contributed by atoms with van der Waals surface area (Å²) in [5.41, 5.74) is 51.0. The highest BCUT2D eigenvalue weighted by Crippen LogP contribution is 2.42.